The van der Waals surface area contributed by atoms with E-state index in [-0.39, 0.29) is 6.61 Å². The second kappa shape index (κ2) is 5.36. The van der Waals surface area contributed by atoms with Crippen LogP contribution < -0.4 is 4.90 Å². The molecule has 1 fully saturated rings. The van der Waals surface area contributed by atoms with Crippen LogP contribution in [0.25, 0.3) is 0 Å². The van der Waals surface area contributed by atoms with E-state index < -0.39 is 0 Å². The van der Waals surface area contributed by atoms with Crippen LogP contribution in [0.5, 0.6) is 0 Å². The molecule has 0 radical (unpaired) electrons. The predicted octanol–water partition coefficient (Wildman–Crippen LogP) is 3.00. The number of rotatable bonds is 6. The van der Waals surface area contributed by atoms with Crippen molar-refractivity contribution in [3.05, 3.63) is 10.6 Å². The lowest BCUT2D eigenvalue weighted by atomic mass is 10.0. The van der Waals surface area contributed by atoms with Crippen molar-refractivity contribution in [1.29, 1.82) is 0 Å². The summed E-state index contributed by atoms with van der Waals surface area (Å²) >= 11 is 1.65. The van der Waals surface area contributed by atoms with Crippen LogP contribution in [0, 0.1) is 5.92 Å². The third-order valence-corrected chi connectivity index (χ3v) is 4.66. The zero-order valence-electron chi connectivity index (χ0n) is 10.9. The minimum absolute atomic E-state index is 0.120. The zero-order valence-corrected chi connectivity index (χ0v) is 11.8. The van der Waals surface area contributed by atoms with E-state index in [0.29, 0.717) is 5.92 Å². The van der Waals surface area contributed by atoms with Crippen LogP contribution in [0.4, 0.5) is 5.13 Å². The van der Waals surface area contributed by atoms with E-state index in [1.54, 1.807) is 11.3 Å². The molecule has 1 aliphatic rings. The fourth-order valence-electron chi connectivity index (χ4n) is 1.97. The highest BCUT2D eigenvalue weighted by Gasteiger charge is 2.25. The Kier molecular flexibility index (Phi) is 4.05. The molecule has 1 saturated carbocycles. The molecule has 0 amide bonds. The largest absolute Gasteiger partial charge is 0.391 e. The van der Waals surface area contributed by atoms with Gasteiger partial charge in [-0.15, -0.1) is 0 Å². The Morgan fingerprint density at radius 1 is 1.53 bits per heavy atom. The first-order valence-corrected chi connectivity index (χ1v) is 7.28. The summed E-state index contributed by atoms with van der Waals surface area (Å²) in [6.45, 7) is 5.57. The molecular weight excluding hydrogens is 232 g/mol. The summed E-state index contributed by atoms with van der Waals surface area (Å²) in [6, 6.07) is 0. The first-order valence-electron chi connectivity index (χ1n) is 6.47. The summed E-state index contributed by atoms with van der Waals surface area (Å²) in [5.41, 5.74) is 1.10. The summed E-state index contributed by atoms with van der Waals surface area (Å²) in [4.78, 5) is 8.00. The van der Waals surface area contributed by atoms with Crippen molar-refractivity contribution < 1.29 is 5.11 Å². The number of aromatic nitrogens is 1. The summed E-state index contributed by atoms with van der Waals surface area (Å²) in [5.74, 6) is 1.31. The topological polar surface area (TPSA) is 36.4 Å². The first kappa shape index (κ1) is 12.8. The molecule has 0 spiro atoms. The molecule has 3 nitrogen and oxygen atoms in total. The van der Waals surface area contributed by atoms with Crippen LogP contribution >= 0.6 is 11.3 Å². The van der Waals surface area contributed by atoms with E-state index in [4.69, 9.17) is 4.98 Å². The Morgan fingerprint density at radius 2 is 2.24 bits per heavy atom. The van der Waals surface area contributed by atoms with Crippen LogP contribution in [-0.2, 0) is 6.61 Å². The smallest absolute Gasteiger partial charge is 0.185 e. The standard InChI is InChI=1S/C13H22N2OS/c1-4-9(2)12-11(8-16)17-13(14-12)15(3)7-10-5-6-10/h9-10,16H,4-8H2,1-3H3. The van der Waals surface area contributed by atoms with Crippen molar-refractivity contribution in [2.75, 3.05) is 18.5 Å². The molecule has 1 aromatic rings. The molecule has 4 heteroatoms. The summed E-state index contributed by atoms with van der Waals surface area (Å²) in [7, 11) is 2.11. The van der Waals surface area contributed by atoms with Gasteiger partial charge in [-0.3, -0.25) is 0 Å². The van der Waals surface area contributed by atoms with Crippen molar-refractivity contribution in [2.24, 2.45) is 5.92 Å². The Bertz CT molecular complexity index is 373. The average Bonchev–Trinajstić information content (AvgIpc) is 3.03. The Balaban J connectivity index is 2.13. The Labute approximate surface area is 107 Å². The van der Waals surface area contributed by atoms with E-state index in [9.17, 15) is 5.11 Å². The van der Waals surface area contributed by atoms with Gasteiger partial charge in [0.1, 0.15) is 0 Å². The van der Waals surface area contributed by atoms with Crippen molar-refractivity contribution in [3.8, 4) is 0 Å². The number of hydrogen-bond acceptors (Lipinski definition) is 4. The van der Waals surface area contributed by atoms with Gasteiger partial charge in [0.05, 0.1) is 17.2 Å². The molecule has 0 bridgehead atoms. The molecule has 1 aromatic heterocycles. The SMILES string of the molecule is CCC(C)c1nc(N(C)CC2CC2)sc1CO. The van der Waals surface area contributed by atoms with Gasteiger partial charge in [-0.25, -0.2) is 4.98 Å². The molecule has 1 unspecified atom stereocenters. The molecule has 1 atom stereocenters. The Hall–Kier alpha value is -0.610. The quantitative estimate of drug-likeness (QED) is 0.848. The van der Waals surface area contributed by atoms with Crippen LogP contribution in [-0.4, -0.2) is 23.7 Å². The molecule has 96 valence electrons. The van der Waals surface area contributed by atoms with E-state index in [2.05, 4.69) is 25.8 Å². The second-order valence-corrected chi connectivity index (χ2v) is 6.16. The maximum Gasteiger partial charge on any atom is 0.185 e. The highest BCUT2D eigenvalue weighted by Crippen LogP contribution is 2.35. The minimum atomic E-state index is 0.120. The lowest BCUT2D eigenvalue weighted by Gasteiger charge is -2.14. The molecular formula is C13H22N2OS. The molecule has 0 aliphatic heterocycles. The Morgan fingerprint density at radius 3 is 2.76 bits per heavy atom. The number of anilines is 1. The van der Waals surface area contributed by atoms with Gasteiger partial charge in [0.2, 0.25) is 0 Å². The van der Waals surface area contributed by atoms with Crippen molar-refractivity contribution >= 4 is 16.5 Å². The number of nitrogens with zero attached hydrogens (tertiary/aromatic N) is 2. The van der Waals surface area contributed by atoms with Crippen molar-refractivity contribution in [2.45, 2.75) is 45.6 Å². The first-order chi connectivity index (χ1) is 8.15. The summed E-state index contributed by atoms with van der Waals surface area (Å²) in [5, 5.41) is 10.5. The molecule has 0 aromatic carbocycles. The lowest BCUT2D eigenvalue weighted by molar-refractivity contribution is 0.283. The van der Waals surface area contributed by atoms with E-state index in [1.165, 1.54) is 12.8 Å². The molecule has 17 heavy (non-hydrogen) atoms. The van der Waals surface area contributed by atoms with Gasteiger partial charge in [0, 0.05) is 13.6 Å². The maximum atomic E-state index is 9.40. The highest BCUT2D eigenvalue weighted by molar-refractivity contribution is 7.15. The van der Waals surface area contributed by atoms with Crippen LogP contribution in [0.1, 0.15) is 49.6 Å². The van der Waals surface area contributed by atoms with Gasteiger partial charge in [-0.05, 0) is 31.1 Å². The monoisotopic (exact) mass is 254 g/mol. The molecule has 0 saturated heterocycles. The number of aliphatic hydroxyl groups is 1. The van der Waals surface area contributed by atoms with E-state index in [0.717, 1.165) is 34.6 Å². The van der Waals surface area contributed by atoms with Crippen molar-refractivity contribution in [3.63, 3.8) is 0 Å². The number of aliphatic hydroxyl groups excluding tert-OH is 1. The fourth-order valence-corrected chi connectivity index (χ4v) is 2.98. The normalized spacial score (nSPS) is 17.2. The van der Waals surface area contributed by atoms with Gasteiger partial charge in [0.15, 0.2) is 5.13 Å². The van der Waals surface area contributed by atoms with Gasteiger partial charge < -0.3 is 10.0 Å². The minimum Gasteiger partial charge on any atom is -0.391 e. The molecule has 1 aliphatic carbocycles. The van der Waals surface area contributed by atoms with Crippen LogP contribution in [0.3, 0.4) is 0 Å². The van der Waals surface area contributed by atoms with Gasteiger partial charge in [0.25, 0.3) is 0 Å². The number of hydrogen-bond donors (Lipinski definition) is 1. The summed E-state index contributed by atoms with van der Waals surface area (Å²) < 4.78 is 0. The van der Waals surface area contributed by atoms with E-state index >= 15 is 0 Å². The molecule has 1 N–H and O–H groups in total. The van der Waals surface area contributed by atoms with Crippen molar-refractivity contribution in [1.82, 2.24) is 4.98 Å². The third-order valence-electron chi connectivity index (χ3n) is 3.49. The van der Waals surface area contributed by atoms with Gasteiger partial charge in [-0.1, -0.05) is 25.2 Å². The number of thiazole rings is 1. The molecule has 1 heterocycles. The summed E-state index contributed by atoms with van der Waals surface area (Å²) in [6.07, 6.45) is 3.80. The second-order valence-electron chi connectivity index (χ2n) is 5.10. The lowest BCUT2D eigenvalue weighted by Crippen LogP contribution is -2.19. The average molecular weight is 254 g/mol. The zero-order chi connectivity index (χ0) is 12.4. The molecule has 2 rings (SSSR count). The van der Waals surface area contributed by atoms with Crippen LogP contribution in [0.2, 0.25) is 0 Å². The maximum absolute atomic E-state index is 9.40. The van der Waals surface area contributed by atoms with Gasteiger partial charge >= 0.3 is 0 Å². The van der Waals surface area contributed by atoms with Gasteiger partial charge in [-0.2, -0.15) is 0 Å². The highest BCUT2D eigenvalue weighted by atomic mass is 32.1. The van der Waals surface area contributed by atoms with E-state index in [1.807, 2.05) is 0 Å². The third kappa shape index (κ3) is 2.99. The fraction of sp³-hybridized carbons (Fsp3) is 0.769. The van der Waals surface area contributed by atoms with Crippen LogP contribution in [0.15, 0.2) is 0 Å². The predicted molar refractivity (Wildman–Crippen MR) is 72.7 cm³/mol.